The molecule has 0 aliphatic rings. The summed E-state index contributed by atoms with van der Waals surface area (Å²) in [6.07, 6.45) is 1.42. The van der Waals surface area contributed by atoms with Crippen molar-refractivity contribution >= 4 is 17.8 Å². The van der Waals surface area contributed by atoms with E-state index in [4.69, 9.17) is 9.47 Å². The standard InChI is InChI=1S/C23H28N2O5/c1-17-8-6-9-18(2)23(17)30-16-21(27)25-24-20(26)13-14-22(28)29-15-7-12-19-10-4-3-5-11-19/h3-6,8-11H,7,12-16H2,1-2H3,(H,24,26)(H,25,27). The van der Waals surface area contributed by atoms with Crippen LogP contribution in [0.15, 0.2) is 48.5 Å². The van der Waals surface area contributed by atoms with Crippen LogP contribution in [0, 0.1) is 13.8 Å². The lowest BCUT2D eigenvalue weighted by Gasteiger charge is -2.12. The highest BCUT2D eigenvalue weighted by molar-refractivity contribution is 5.84. The van der Waals surface area contributed by atoms with Crippen LogP contribution in [0.2, 0.25) is 0 Å². The highest BCUT2D eigenvalue weighted by atomic mass is 16.5. The Labute approximate surface area is 176 Å². The van der Waals surface area contributed by atoms with E-state index < -0.39 is 17.8 Å². The maximum Gasteiger partial charge on any atom is 0.306 e. The Hall–Kier alpha value is -3.35. The molecule has 2 rings (SSSR count). The first-order valence-electron chi connectivity index (χ1n) is 9.92. The normalized spacial score (nSPS) is 10.2. The van der Waals surface area contributed by atoms with E-state index in [-0.39, 0.29) is 19.4 Å². The molecule has 2 aromatic rings. The highest BCUT2D eigenvalue weighted by Gasteiger charge is 2.11. The number of hydrogen-bond acceptors (Lipinski definition) is 5. The smallest absolute Gasteiger partial charge is 0.306 e. The summed E-state index contributed by atoms with van der Waals surface area (Å²) in [7, 11) is 0. The zero-order valence-corrected chi connectivity index (χ0v) is 17.4. The molecule has 7 nitrogen and oxygen atoms in total. The predicted octanol–water partition coefficient (Wildman–Crippen LogP) is 2.79. The maximum absolute atomic E-state index is 11.8. The molecule has 0 unspecified atom stereocenters. The molecule has 0 aliphatic heterocycles. The summed E-state index contributed by atoms with van der Waals surface area (Å²) in [6.45, 7) is 3.86. The molecule has 0 saturated heterocycles. The van der Waals surface area contributed by atoms with E-state index >= 15 is 0 Å². The molecule has 2 aromatic carbocycles. The average Bonchev–Trinajstić information content (AvgIpc) is 2.74. The van der Waals surface area contributed by atoms with Crippen LogP contribution in [-0.2, 0) is 25.5 Å². The molecular formula is C23H28N2O5. The van der Waals surface area contributed by atoms with Crippen LogP contribution >= 0.6 is 0 Å². The number of rotatable bonds is 10. The lowest BCUT2D eigenvalue weighted by atomic mass is 10.1. The van der Waals surface area contributed by atoms with E-state index in [1.54, 1.807) is 0 Å². The second-order valence-electron chi connectivity index (χ2n) is 6.92. The van der Waals surface area contributed by atoms with Crippen molar-refractivity contribution in [2.75, 3.05) is 13.2 Å². The summed E-state index contributed by atoms with van der Waals surface area (Å²) in [5.41, 5.74) is 7.57. The third kappa shape index (κ3) is 8.34. The van der Waals surface area contributed by atoms with Crippen molar-refractivity contribution in [3.05, 3.63) is 65.2 Å². The Bertz CT molecular complexity index is 832. The van der Waals surface area contributed by atoms with E-state index in [1.807, 2.05) is 62.4 Å². The maximum atomic E-state index is 11.8. The molecule has 0 bridgehead atoms. The molecule has 0 heterocycles. The van der Waals surface area contributed by atoms with Gasteiger partial charge in [-0.3, -0.25) is 25.2 Å². The van der Waals surface area contributed by atoms with Gasteiger partial charge in [0.05, 0.1) is 13.0 Å². The van der Waals surface area contributed by atoms with Gasteiger partial charge < -0.3 is 9.47 Å². The van der Waals surface area contributed by atoms with Crippen molar-refractivity contribution in [3.8, 4) is 5.75 Å². The molecule has 0 atom stereocenters. The third-order valence-corrected chi connectivity index (χ3v) is 4.37. The fourth-order valence-corrected chi connectivity index (χ4v) is 2.80. The zero-order valence-electron chi connectivity index (χ0n) is 17.4. The minimum Gasteiger partial charge on any atom is -0.483 e. The van der Waals surface area contributed by atoms with Crippen LogP contribution in [0.1, 0.15) is 36.0 Å². The van der Waals surface area contributed by atoms with Gasteiger partial charge in [-0.05, 0) is 43.4 Å². The average molecular weight is 412 g/mol. The molecule has 0 fully saturated rings. The molecule has 7 heteroatoms. The molecule has 30 heavy (non-hydrogen) atoms. The van der Waals surface area contributed by atoms with E-state index in [9.17, 15) is 14.4 Å². The van der Waals surface area contributed by atoms with Crippen molar-refractivity contribution in [1.29, 1.82) is 0 Å². The van der Waals surface area contributed by atoms with Crippen molar-refractivity contribution < 1.29 is 23.9 Å². The summed E-state index contributed by atoms with van der Waals surface area (Å²) < 4.78 is 10.6. The first-order chi connectivity index (χ1) is 14.5. The van der Waals surface area contributed by atoms with Crippen LogP contribution in [0.4, 0.5) is 0 Å². The number of esters is 1. The van der Waals surface area contributed by atoms with Gasteiger partial charge in [-0.2, -0.15) is 0 Å². The van der Waals surface area contributed by atoms with Crippen molar-refractivity contribution in [2.45, 2.75) is 39.5 Å². The van der Waals surface area contributed by atoms with Crippen LogP contribution < -0.4 is 15.6 Å². The van der Waals surface area contributed by atoms with Gasteiger partial charge in [0.15, 0.2) is 6.61 Å². The van der Waals surface area contributed by atoms with Crippen LogP contribution in [-0.4, -0.2) is 31.0 Å². The third-order valence-electron chi connectivity index (χ3n) is 4.37. The second kappa shape index (κ2) is 12.3. The highest BCUT2D eigenvalue weighted by Crippen LogP contribution is 2.21. The van der Waals surface area contributed by atoms with Gasteiger partial charge in [0.1, 0.15) is 5.75 Å². The first kappa shape index (κ1) is 22.9. The monoisotopic (exact) mass is 412 g/mol. The second-order valence-corrected chi connectivity index (χ2v) is 6.92. The minimum absolute atomic E-state index is 0.0497. The Morgan fingerprint density at radius 1 is 0.833 bits per heavy atom. The van der Waals surface area contributed by atoms with Crippen molar-refractivity contribution in [2.24, 2.45) is 0 Å². The van der Waals surface area contributed by atoms with E-state index in [0.717, 1.165) is 24.0 Å². The predicted molar refractivity (Wildman–Crippen MR) is 113 cm³/mol. The molecule has 0 radical (unpaired) electrons. The lowest BCUT2D eigenvalue weighted by molar-refractivity contribution is -0.145. The SMILES string of the molecule is Cc1cccc(C)c1OCC(=O)NNC(=O)CCC(=O)OCCCc1ccccc1. The Balaban J connectivity index is 1.55. The number of carbonyl (C=O) groups excluding carboxylic acids is 3. The molecule has 2 amide bonds. The van der Waals surface area contributed by atoms with Crippen molar-refractivity contribution in [1.82, 2.24) is 10.9 Å². The van der Waals surface area contributed by atoms with Gasteiger partial charge in [-0.15, -0.1) is 0 Å². The Kier molecular flexibility index (Phi) is 9.37. The minimum atomic E-state index is -0.491. The first-order valence-corrected chi connectivity index (χ1v) is 9.92. The van der Waals surface area contributed by atoms with E-state index in [1.165, 1.54) is 5.56 Å². The lowest BCUT2D eigenvalue weighted by Crippen LogP contribution is -2.44. The van der Waals surface area contributed by atoms with Crippen LogP contribution in [0.3, 0.4) is 0 Å². The van der Waals surface area contributed by atoms with Gasteiger partial charge in [-0.1, -0.05) is 48.5 Å². The molecule has 0 spiro atoms. The molecule has 2 N–H and O–H groups in total. The van der Waals surface area contributed by atoms with Gasteiger partial charge in [-0.25, -0.2) is 0 Å². The number of benzene rings is 2. The largest absolute Gasteiger partial charge is 0.483 e. The summed E-state index contributed by atoms with van der Waals surface area (Å²) in [5.74, 6) is -0.761. The number of hydrogen-bond donors (Lipinski definition) is 2. The van der Waals surface area contributed by atoms with Gasteiger partial charge >= 0.3 is 5.97 Å². The molecule has 0 aliphatic carbocycles. The molecule has 0 saturated carbocycles. The number of nitrogens with one attached hydrogen (secondary N) is 2. The Morgan fingerprint density at radius 2 is 1.50 bits per heavy atom. The molecular weight excluding hydrogens is 384 g/mol. The number of amides is 2. The van der Waals surface area contributed by atoms with Gasteiger partial charge in [0, 0.05) is 6.42 Å². The number of carbonyl (C=O) groups is 3. The van der Waals surface area contributed by atoms with E-state index in [2.05, 4.69) is 10.9 Å². The summed E-state index contributed by atoms with van der Waals surface area (Å²) in [5, 5.41) is 0. The summed E-state index contributed by atoms with van der Waals surface area (Å²) >= 11 is 0. The fourth-order valence-electron chi connectivity index (χ4n) is 2.80. The Morgan fingerprint density at radius 3 is 2.20 bits per heavy atom. The quantitative estimate of drug-likeness (QED) is 0.356. The van der Waals surface area contributed by atoms with Crippen LogP contribution in [0.25, 0.3) is 0 Å². The van der Waals surface area contributed by atoms with Gasteiger partial charge in [0.25, 0.3) is 5.91 Å². The number of hydrazine groups is 1. The number of para-hydroxylation sites is 1. The summed E-state index contributed by atoms with van der Waals surface area (Å²) in [6, 6.07) is 15.6. The van der Waals surface area contributed by atoms with Crippen LogP contribution in [0.5, 0.6) is 5.75 Å². The fraction of sp³-hybridized carbons (Fsp3) is 0.348. The number of ether oxygens (including phenoxy) is 2. The van der Waals surface area contributed by atoms with E-state index in [0.29, 0.717) is 12.4 Å². The topological polar surface area (TPSA) is 93.7 Å². The molecule has 0 aromatic heterocycles. The van der Waals surface area contributed by atoms with Gasteiger partial charge in [0.2, 0.25) is 5.91 Å². The summed E-state index contributed by atoms with van der Waals surface area (Å²) in [4.78, 5) is 35.3. The number of aryl methyl sites for hydroxylation is 3. The van der Waals surface area contributed by atoms with Crippen molar-refractivity contribution in [3.63, 3.8) is 0 Å². The molecule has 160 valence electrons. The zero-order chi connectivity index (χ0) is 21.8.